The maximum absolute atomic E-state index is 2.68. The molecule has 8 rings (SSSR count). The van der Waals surface area contributed by atoms with Gasteiger partial charge in [-0.05, 0) is 144 Å². The summed E-state index contributed by atoms with van der Waals surface area (Å²) < 4.78 is 0. The van der Waals surface area contributed by atoms with Crippen molar-refractivity contribution in [3.63, 3.8) is 0 Å². The highest BCUT2D eigenvalue weighted by Gasteiger charge is 2.46. The Balaban J connectivity index is 1.29. The summed E-state index contributed by atoms with van der Waals surface area (Å²) in [4.78, 5) is 2.52. The lowest BCUT2D eigenvalue weighted by Gasteiger charge is -2.48. The van der Waals surface area contributed by atoms with Crippen LogP contribution in [0.15, 0.2) is 127 Å². The summed E-state index contributed by atoms with van der Waals surface area (Å²) in [5, 5.41) is 0. The summed E-state index contributed by atoms with van der Waals surface area (Å²) in [6, 6.07) is 42.9. The summed E-state index contributed by atoms with van der Waals surface area (Å²) in [6.07, 6.45) is 12.8. The zero-order valence-electron chi connectivity index (χ0n) is 40.8. The normalized spacial score (nSPS) is 19.4. The summed E-state index contributed by atoms with van der Waals surface area (Å²) in [6.45, 7) is 33.6. The van der Waals surface area contributed by atoms with Gasteiger partial charge < -0.3 is 4.90 Å². The molecule has 1 fully saturated rings. The number of hydrogen-bond donors (Lipinski definition) is 0. The molecule has 1 nitrogen and oxygen atoms in total. The van der Waals surface area contributed by atoms with E-state index in [1.54, 1.807) is 0 Å². The molecular formula is C61H75N. The molecule has 0 heterocycles. The molecule has 0 saturated heterocycles. The fourth-order valence-corrected chi connectivity index (χ4v) is 10.8. The highest BCUT2D eigenvalue weighted by atomic mass is 15.1. The van der Waals surface area contributed by atoms with Gasteiger partial charge in [-0.25, -0.2) is 0 Å². The Morgan fingerprint density at radius 1 is 0.532 bits per heavy atom. The van der Waals surface area contributed by atoms with Crippen molar-refractivity contribution < 1.29 is 0 Å². The lowest BCUT2D eigenvalue weighted by Crippen LogP contribution is -2.41. The third-order valence-electron chi connectivity index (χ3n) is 15.1. The Labute approximate surface area is 376 Å². The number of hydrogen-bond acceptors (Lipinski definition) is 1. The maximum atomic E-state index is 2.68. The summed E-state index contributed by atoms with van der Waals surface area (Å²) in [5.74, 6) is 0.670. The predicted molar refractivity (Wildman–Crippen MR) is 270 cm³/mol. The lowest BCUT2D eigenvalue weighted by atomic mass is 9.55. The largest absolute Gasteiger partial charge is 0.310 e. The van der Waals surface area contributed by atoms with E-state index in [9.17, 15) is 0 Å². The highest BCUT2D eigenvalue weighted by molar-refractivity contribution is 5.86. The molecule has 0 amide bonds. The van der Waals surface area contributed by atoms with Gasteiger partial charge in [-0.15, -0.1) is 0 Å². The maximum Gasteiger partial charge on any atom is 0.0467 e. The first-order valence-corrected chi connectivity index (χ1v) is 23.8. The third-order valence-corrected chi connectivity index (χ3v) is 15.1. The molecular weight excluding hydrogens is 747 g/mol. The van der Waals surface area contributed by atoms with Crippen LogP contribution in [0.1, 0.15) is 180 Å². The Morgan fingerprint density at radius 2 is 1.13 bits per heavy atom. The summed E-state index contributed by atoms with van der Waals surface area (Å²) in [7, 11) is 0. The average Bonchev–Trinajstić information content (AvgIpc) is 3.45. The molecule has 0 aliphatic heterocycles. The lowest BCUT2D eigenvalue weighted by molar-refractivity contribution is 0.235. The first kappa shape index (κ1) is 44.0. The fourth-order valence-electron chi connectivity index (χ4n) is 10.8. The van der Waals surface area contributed by atoms with Crippen molar-refractivity contribution in [2.24, 2.45) is 10.8 Å². The highest BCUT2D eigenvalue weighted by Crippen LogP contribution is 2.56. The van der Waals surface area contributed by atoms with Gasteiger partial charge in [0, 0.05) is 27.9 Å². The number of allylic oxidation sites excluding steroid dienone is 4. The van der Waals surface area contributed by atoms with Gasteiger partial charge >= 0.3 is 0 Å². The van der Waals surface area contributed by atoms with Crippen LogP contribution < -0.4 is 4.90 Å². The Kier molecular flexibility index (Phi) is 11.1. The zero-order chi connectivity index (χ0) is 44.6. The van der Waals surface area contributed by atoms with Crippen LogP contribution in [0.2, 0.25) is 0 Å². The van der Waals surface area contributed by atoms with Crippen molar-refractivity contribution in [3.8, 4) is 11.1 Å². The molecule has 1 heteroatoms. The van der Waals surface area contributed by atoms with Gasteiger partial charge in [0.05, 0.1) is 0 Å². The molecule has 3 aliphatic rings. The first-order valence-electron chi connectivity index (χ1n) is 23.8. The predicted octanol–water partition coefficient (Wildman–Crippen LogP) is 17.8. The fraction of sp³-hybridized carbons (Fsp3) is 0.443. The van der Waals surface area contributed by atoms with E-state index in [4.69, 9.17) is 0 Å². The van der Waals surface area contributed by atoms with Crippen LogP contribution in [0, 0.1) is 10.8 Å². The molecule has 3 aliphatic carbocycles. The van der Waals surface area contributed by atoms with Crippen LogP contribution in [-0.2, 0) is 21.7 Å². The molecule has 1 saturated carbocycles. The third kappa shape index (κ3) is 8.08. The van der Waals surface area contributed by atoms with Gasteiger partial charge in [0.1, 0.15) is 0 Å². The van der Waals surface area contributed by atoms with E-state index in [1.807, 2.05) is 0 Å². The molecule has 324 valence electrons. The molecule has 0 radical (unpaired) electrons. The van der Waals surface area contributed by atoms with Gasteiger partial charge in [0.2, 0.25) is 0 Å². The van der Waals surface area contributed by atoms with Gasteiger partial charge in [-0.1, -0.05) is 201 Å². The van der Waals surface area contributed by atoms with E-state index in [2.05, 4.69) is 223 Å². The number of fused-ring (bicyclic) bond motifs is 3. The molecule has 1 unspecified atom stereocenters. The van der Waals surface area contributed by atoms with E-state index in [0.29, 0.717) is 5.92 Å². The molecule has 0 N–H and O–H groups in total. The number of anilines is 3. The Morgan fingerprint density at radius 3 is 1.74 bits per heavy atom. The first-order chi connectivity index (χ1) is 29.0. The smallest absolute Gasteiger partial charge is 0.0467 e. The van der Waals surface area contributed by atoms with Crippen molar-refractivity contribution >= 4 is 22.6 Å². The molecule has 5 aromatic carbocycles. The van der Waals surface area contributed by atoms with Crippen LogP contribution in [0.25, 0.3) is 16.7 Å². The zero-order valence-corrected chi connectivity index (χ0v) is 40.8. The second kappa shape index (κ2) is 15.6. The van der Waals surface area contributed by atoms with Crippen LogP contribution in [0.5, 0.6) is 0 Å². The van der Waals surface area contributed by atoms with Crippen molar-refractivity contribution in [3.05, 3.63) is 166 Å². The number of nitrogens with zero attached hydrogens (tertiary/aromatic N) is 1. The van der Waals surface area contributed by atoms with E-state index in [1.165, 1.54) is 110 Å². The summed E-state index contributed by atoms with van der Waals surface area (Å²) in [5.41, 5.74) is 18.7. The molecule has 0 spiro atoms. The van der Waals surface area contributed by atoms with Crippen molar-refractivity contribution in [2.45, 2.75) is 163 Å². The monoisotopic (exact) mass is 822 g/mol. The van der Waals surface area contributed by atoms with Crippen LogP contribution >= 0.6 is 0 Å². The minimum Gasteiger partial charge on any atom is -0.310 e. The van der Waals surface area contributed by atoms with Crippen LogP contribution in [0.3, 0.4) is 0 Å². The van der Waals surface area contributed by atoms with E-state index in [0.717, 1.165) is 6.42 Å². The van der Waals surface area contributed by atoms with Gasteiger partial charge in [-0.2, -0.15) is 0 Å². The molecule has 1 atom stereocenters. The minimum atomic E-state index is -0.230. The molecule has 0 aromatic heterocycles. The standard InChI is InChI=1S/C61H75N/c1-56(2,3)45-35-46(57(4,5)6)37-47(36-45)61(59(10,11)12)39-44(33-48(40-61)58(7,8)9)43-23-20-24-50(34-43)62(49-29-27-42(28-30-49)41-21-16-15-17-22-41)51-31-32-53-52-25-18-19-26-54(52)60(13,14)55(53)38-51/h18-20,23-38,40-41H,15-17,21-22,39H2,1-14H3. The minimum absolute atomic E-state index is 0.0287. The second-order valence-electron chi connectivity index (χ2n) is 23.9. The molecule has 0 bridgehead atoms. The van der Waals surface area contributed by atoms with E-state index < -0.39 is 0 Å². The van der Waals surface area contributed by atoms with Crippen LogP contribution in [0.4, 0.5) is 17.1 Å². The van der Waals surface area contributed by atoms with E-state index in [-0.39, 0.29) is 32.5 Å². The van der Waals surface area contributed by atoms with Crippen molar-refractivity contribution in [1.82, 2.24) is 0 Å². The Bertz CT molecular complexity index is 2490. The molecule has 62 heavy (non-hydrogen) atoms. The quantitative estimate of drug-likeness (QED) is 0.165. The van der Waals surface area contributed by atoms with Gasteiger partial charge in [0.15, 0.2) is 0 Å². The van der Waals surface area contributed by atoms with E-state index >= 15 is 0 Å². The Hall–Kier alpha value is -4.62. The SMILES string of the molecule is CC(C)(C)C1=CC(c2cc(C(C)(C)C)cc(C(C)(C)C)c2)(C(C)(C)C)CC(c2cccc(N(c3ccc(C4CCCCC4)cc3)c3ccc4c(c3)C(C)(C)c3ccccc3-4)c2)=C1. The van der Waals surface area contributed by atoms with Crippen LogP contribution in [-0.4, -0.2) is 0 Å². The molecule has 5 aromatic rings. The van der Waals surface area contributed by atoms with Crippen molar-refractivity contribution in [2.75, 3.05) is 4.90 Å². The summed E-state index contributed by atoms with van der Waals surface area (Å²) >= 11 is 0. The number of benzene rings is 5. The second-order valence-corrected chi connectivity index (χ2v) is 23.9. The average molecular weight is 822 g/mol. The van der Waals surface area contributed by atoms with Gasteiger partial charge in [-0.3, -0.25) is 0 Å². The van der Waals surface area contributed by atoms with Gasteiger partial charge in [0.25, 0.3) is 0 Å². The topological polar surface area (TPSA) is 3.24 Å². The number of rotatable bonds is 6. The van der Waals surface area contributed by atoms with Crippen molar-refractivity contribution in [1.29, 1.82) is 0 Å².